The van der Waals surface area contributed by atoms with Crippen LogP contribution in [-0.2, 0) is 20.1 Å². The number of hydrogen-bond donors (Lipinski definition) is 2. The number of anilines is 1. The van der Waals surface area contributed by atoms with Crippen molar-refractivity contribution in [2.75, 3.05) is 12.5 Å². The fraction of sp³-hybridized carbons (Fsp3) is 0.333. The number of nitrogens with one attached hydrogen (secondary N) is 1. The molecule has 0 fully saturated rings. The van der Waals surface area contributed by atoms with Gasteiger partial charge in [0, 0.05) is 26.0 Å². The molecule has 3 N–H and O–H groups in total. The van der Waals surface area contributed by atoms with E-state index in [0.29, 0.717) is 5.82 Å². The van der Waals surface area contributed by atoms with E-state index in [1.54, 1.807) is 6.20 Å². The Labute approximate surface area is 106 Å². The number of nitrogens with two attached hydrogens (primary N) is 1. The summed E-state index contributed by atoms with van der Waals surface area (Å²) in [4.78, 5) is 10.8. The molecule has 6 heteroatoms. The van der Waals surface area contributed by atoms with Crippen molar-refractivity contribution in [1.29, 1.82) is 0 Å². The second-order valence-electron chi connectivity index (χ2n) is 4.29. The highest BCUT2D eigenvalue weighted by Gasteiger charge is 2.06. The van der Waals surface area contributed by atoms with Crippen molar-refractivity contribution >= 4 is 5.82 Å². The fourth-order valence-corrected chi connectivity index (χ4v) is 1.77. The van der Waals surface area contributed by atoms with Gasteiger partial charge in [0.2, 0.25) is 0 Å². The molecule has 0 radical (unpaired) electrons. The number of rotatable bonds is 5. The van der Waals surface area contributed by atoms with Crippen molar-refractivity contribution in [3.05, 3.63) is 42.1 Å². The second-order valence-corrected chi connectivity index (χ2v) is 4.29. The van der Waals surface area contributed by atoms with Crippen LogP contribution in [0.2, 0.25) is 0 Å². The summed E-state index contributed by atoms with van der Waals surface area (Å²) >= 11 is 0. The van der Waals surface area contributed by atoms with E-state index >= 15 is 0 Å². The minimum absolute atomic E-state index is 0.679. The molecule has 6 nitrogen and oxygen atoms in total. The third kappa shape index (κ3) is 3.06. The van der Waals surface area contributed by atoms with Crippen molar-refractivity contribution < 1.29 is 0 Å². The predicted octanol–water partition coefficient (Wildman–Crippen LogP) is 0.733. The summed E-state index contributed by atoms with van der Waals surface area (Å²) in [7, 11) is 4.03. The summed E-state index contributed by atoms with van der Waals surface area (Å²) in [5.41, 5.74) is 3.52. The molecule has 0 aliphatic carbocycles. The van der Waals surface area contributed by atoms with E-state index < -0.39 is 0 Å². The molecule has 0 spiro atoms. The Morgan fingerprint density at radius 3 is 2.89 bits per heavy atom. The van der Waals surface area contributed by atoms with Crippen molar-refractivity contribution in [3.63, 3.8) is 0 Å². The Bertz CT molecular complexity index is 507. The van der Waals surface area contributed by atoms with Gasteiger partial charge >= 0.3 is 0 Å². The highest BCUT2D eigenvalue weighted by molar-refractivity contribution is 5.33. The zero-order valence-electron chi connectivity index (χ0n) is 10.7. The van der Waals surface area contributed by atoms with Crippen LogP contribution in [0.3, 0.4) is 0 Å². The minimum Gasteiger partial charge on any atom is -0.337 e. The van der Waals surface area contributed by atoms with Gasteiger partial charge < -0.3 is 9.99 Å². The lowest BCUT2D eigenvalue weighted by molar-refractivity contribution is 0.303. The third-order valence-corrected chi connectivity index (χ3v) is 2.72. The number of nitrogens with zero attached hydrogens (tertiary/aromatic N) is 4. The van der Waals surface area contributed by atoms with Crippen LogP contribution in [0, 0.1) is 0 Å². The average molecular weight is 246 g/mol. The van der Waals surface area contributed by atoms with Gasteiger partial charge in [0.05, 0.1) is 12.2 Å². The first-order valence-electron chi connectivity index (χ1n) is 5.76. The van der Waals surface area contributed by atoms with Crippen LogP contribution in [-0.4, -0.2) is 26.5 Å². The van der Waals surface area contributed by atoms with Gasteiger partial charge in [-0.05, 0) is 19.2 Å². The lowest BCUT2D eigenvalue weighted by atomic mass is 10.3. The van der Waals surface area contributed by atoms with Crippen LogP contribution in [0.15, 0.2) is 30.6 Å². The van der Waals surface area contributed by atoms with E-state index in [2.05, 4.69) is 20.3 Å². The molecule has 2 heterocycles. The largest absolute Gasteiger partial charge is 0.337 e. The van der Waals surface area contributed by atoms with Crippen LogP contribution in [0.25, 0.3) is 0 Å². The van der Waals surface area contributed by atoms with Gasteiger partial charge in [0.25, 0.3) is 0 Å². The van der Waals surface area contributed by atoms with Gasteiger partial charge in [-0.25, -0.2) is 15.8 Å². The topological polar surface area (TPSA) is 72.0 Å². The van der Waals surface area contributed by atoms with Crippen LogP contribution >= 0.6 is 0 Å². The van der Waals surface area contributed by atoms with Crippen molar-refractivity contribution in [2.24, 2.45) is 12.9 Å². The molecule has 0 saturated heterocycles. The first-order chi connectivity index (χ1) is 8.69. The summed E-state index contributed by atoms with van der Waals surface area (Å²) in [6, 6.07) is 5.75. The normalized spacial score (nSPS) is 10.9. The number of nitrogen functional groups attached to an aromatic ring is 1. The van der Waals surface area contributed by atoms with E-state index in [-0.39, 0.29) is 0 Å². The highest BCUT2D eigenvalue weighted by Crippen LogP contribution is 2.07. The molecule has 0 amide bonds. The van der Waals surface area contributed by atoms with Crippen LogP contribution in [0.5, 0.6) is 0 Å². The van der Waals surface area contributed by atoms with Crippen LogP contribution in [0.1, 0.15) is 11.5 Å². The lowest BCUT2D eigenvalue weighted by Gasteiger charge is -2.16. The summed E-state index contributed by atoms with van der Waals surface area (Å²) in [6.45, 7) is 1.54. The molecule has 0 saturated carbocycles. The molecule has 0 bridgehead atoms. The molecule has 0 aliphatic heterocycles. The van der Waals surface area contributed by atoms with Gasteiger partial charge in [0.1, 0.15) is 11.6 Å². The van der Waals surface area contributed by atoms with Gasteiger partial charge in [-0.15, -0.1) is 0 Å². The molecular weight excluding hydrogens is 228 g/mol. The molecule has 0 aliphatic rings. The van der Waals surface area contributed by atoms with Gasteiger partial charge in [-0.1, -0.05) is 6.07 Å². The number of aromatic nitrogens is 3. The Kier molecular flexibility index (Phi) is 3.91. The quantitative estimate of drug-likeness (QED) is 0.601. The van der Waals surface area contributed by atoms with Gasteiger partial charge in [0.15, 0.2) is 0 Å². The number of hydrogen-bond acceptors (Lipinski definition) is 5. The number of imidazole rings is 1. The Hall–Kier alpha value is -1.92. The van der Waals surface area contributed by atoms with E-state index in [1.165, 1.54) is 0 Å². The molecule has 0 unspecified atom stereocenters. The number of pyridine rings is 1. The molecule has 2 rings (SSSR count). The lowest BCUT2D eigenvalue weighted by Crippen LogP contribution is -2.20. The SMILES string of the molecule is CN(Cc1cccc(NN)n1)Cc1nccn1C. The first-order valence-corrected chi connectivity index (χ1v) is 5.76. The third-order valence-electron chi connectivity index (χ3n) is 2.72. The molecule has 2 aromatic heterocycles. The molecule has 2 aromatic rings. The summed E-state index contributed by atoms with van der Waals surface area (Å²) < 4.78 is 2.02. The minimum atomic E-state index is 0.679. The van der Waals surface area contributed by atoms with E-state index in [0.717, 1.165) is 24.6 Å². The molecule has 0 aromatic carbocycles. The number of hydrazine groups is 1. The average Bonchev–Trinajstić information content (AvgIpc) is 2.75. The van der Waals surface area contributed by atoms with E-state index in [1.807, 2.05) is 43.1 Å². The van der Waals surface area contributed by atoms with Gasteiger partial charge in [-0.2, -0.15) is 0 Å². The standard InChI is InChI=1S/C12H18N6/c1-17(9-12-14-6-7-18(12)2)8-10-4-3-5-11(15-10)16-13/h3-7H,8-9,13H2,1-2H3,(H,15,16). The van der Waals surface area contributed by atoms with E-state index in [9.17, 15) is 0 Å². The van der Waals surface area contributed by atoms with Crippen molar-refractivity contribution in [3.8, 4) is 0 Å². The summed E-state index contributed by atoms with van der Waals surface area (Å²) in [5, 5.41) is 0. The summed E-state index contributed by atoms with van der Waals surface area (Å²) in [6.07, 6.45) is 3.75. The maximum Gasteiger partial charge on any atom is 0.140 e. The molecule has 18 heavy (non-hydrogen) atoms. The maximum absolute atomic E-state index is 5.34. The fourth-order valence-electron chi connectivity index (χ4n) is 1.77. The molecule has 0 atom stereocenters. The smallest absolute Gasteiger partial charge is 0.140 e. The zero-order valence-corrected chi connectivity index (χ0v) is 10.7. The van der Waals surface area contributed by atoms with Crippen molar-refractivity contribution in [1.82, 2.24) is 19.4 Å². The van der Waals surface area contributed by atoms with Crippen LogP contribution < -0.4 is 11.3 Å². The highest BCUT2D eigenvalue weighted by atomic mass is 15.3. The molecule has 96 valence electrons. The monoisotopic (exact) mass is 246 g/mol. The second kappa shape index (κ2) is 5.61. The van der Waals surface area contributed by atoms with Crippen molar-refractivity contribution in [2.45, 2.75) is 13.1 Å². The Balaban J connectivity index is 1.98. The van der Waals surface area contributed by atoms with E-state index in [4.69, 9.17) is 5.84 Å². The maximum atomic E-state index is 5.34. The van der Waals surface area contributed by atoms with Gasteiger partial charge in [-0.3, -0.25) is 4.90 Å². The van der Waals surface area contributed by atoms with Crippen LogP contribution in [0.4, 0.5) is 5.82 Å². The predicted molar refractivity (Wildman–Crippen MR) is 70.4 cm³/mol. The summed E-state index contributed by atoms with van der Waals surface area (Å²) in [5.74, 6) is 7.05. The molecular formula is C12H18N6. The Morgan fingerprint density at radius 1 is 1.39 bits per heavy atom. The number of aryl methyl sites for hydroxylation is 1. The first kappa shape index (κ1) is 12.5. The Morgan fingerprint density at radius 2 is 2.22 bits per heavy atom. The zero-order chi connectivity index (χ0) is 13.0.